The number of H-pyrrole nitrogens is 1. The second kappa shape index (κ2) is 4.02. The Kier molecular flexibility index (Phi) is 2.27. The summed E-state index contributed by atoms with van der Waals surface area (Å²) in [6, 6.07) is 10.8. The average molecular weight is 281 g/mol. The van der Waals surface area contributed by atoms with Gasteiger partial charge < -0.3 is 19.2 Å². The molecule has 0 fully saturated rings. The third kappa shape index (κ3) is 1.48. The number of carbonyl (C=O) groups is 1. The predicted octanol–water partition coefficient (Wildman–Crippen LogP) is 3.56. The lowest BCUT2D eigenvalue weighted by Gasteiger charge is -2.03. The van der Waals surface area contributed by atoms with Crippen molar-refractivity contribution in [3.63, 3.8) is 0 Å². The molecule has 2 aromatic carbocycles. The number of carbonyl (C=O) groups excluding carboxylic acids is 1. The quantitative estimate of drug-likeness (QED) is 0.523. The Balaban J connectivity index is 2.28. The first-order valence-electron chi connectivity index (χ1n) is 6.44. The van der Waals surface area contributed by atoms with Gasteiger partial charge in [0.25, 0.3) is 0 Å². The Morgan fingerprint density at radius 3 is 2.81 bits per heavy atom. The molecule has 0 saturated carbocycles. The number of ether oxygens (including phenoxy) is 1. The number of aromatic amines is 1. The van der Waals surface area contributed by atoms with E-state index in [9.17, 15) is 9.90 Å². The molecule has 0 spiro atoms. The molecule has 0 aliphatic heterocycles. The van der Waals surface area contributed by atoms with Crippen LogP contribution in [0.15, 0.2) is 40.8 Å². The third-order valence-electron chi connectivity index (χ3n) is 3.67. The molecular weight excluding hydrogens is 270 g/mol. The molecule has 2 N–H and O–H groups in total. The van der Waals surface area contributed by atoms with E-state index in [0.29, 0.717) is 16.7 Å². The lowest BCUT2D eigenvalue weighted by Crippen LogP contribution is -2.02. The summed E-state index contributed by atoms with van der Waals surface area (Å²) < 4.78 is 10.5. The van der Waals surface area contributed by atoms with Crippen LogP contribution in [0.4, 0.5) is 0 Å². The Morgan fingerprint density at radius 1 is 1.19 bits per heavy atom. The minimum atomic E-state index is -0.592. The van der Waals surface area contributed by atoms with Gasteiger partial charge in [0.05, 0.1) is 12.5 Å². The van der Waals surface area contributed by atoms with Gasteiger partial charge in [0, 0.05) is 16.3 Å². The maximum absolute atomic E-state index is 12.0. The predicted molar refractivity (Wildman–Crippen MR) is 78.6 cm³/mol. The van der Waals surface area contributed by atoms with Crippen LogP contribution in [-0.4, -0.2) is 23.2 Å². The zero-order valence-corrected chi connectivity index (χ0v) is 11.1. The number of methoxy groups -OCH3 is 1. The van der Waals surface area contributed by atoms with Gasteiger partial charge in [-0.05, 0) is 18.2 Å². The molecule has 4 rings (SSSR count). The number of aromatic nitrogens is 1. The van der Waals surface area contributed by atoms with E-state index in [0.717, 1.165) is 16.3 Å². The standard InChI is InChI=1S/C16H11NO4/c1-20-16(19)13-10(18)6-7-11-14(13)12-8-4-2-3-5-9(8)17-15(12)21-11/h2-7,17-18H,1H3. The van der Waals surface area contributed by atoms with E-state index in [1.54, 1.807) is 6.07 Å². The lowest BCUT2D eigenvalue weighted by molar-refractivity contribution is 0.0600. The largest absolute Gasteiger partial charge is 0.507 e. The number of phenolic OH excluding ortho intramolecular Hbond substituents is 1. The topological polar surface area (TPSA) is 75.5 Å². The highest BCUT2D eigenvalue weighted by Gasteiger charge is 2.23. The van der Waals surface area contributed by atoms with Crippen molar-refractivity contribution >= 4 is 38.9 Å². The van der Waals surface area contributed by atoms with E-state index < -0.39 is 5.97 Å². The van der Waals surface area contributed by atoms with Crippen molar-refractivity contribution < 1.29 is 19.1 Å². The molecule has 0 atom stereocenters. The minimum absolute atomic E-state index is 0.123. The van der Waals surface area contributed by atoms with Crippen LogP contribution in [0.25, 0.3) is 33.0 Å². The Labute approximate surface area is 118 Å². The van der Waals surface area contributed by atoms with Crippen molar-refractivity contribution in [3.05, 3.63) is 42.0 Å². The van der Waals surface area contributed by atoms with Crippen molar-refractivity contribution in [2.75, 3.05) is 7.11 Å². The Bertz CT molecular complexity index is 1010. The second-order valence-corrected chi connectivity index (χ2v) is 4.80. The zero-order chi connectivity index (χ0) is 14.6. The number of esters is 1. The number of hydrogen-bond acceptors (Lipinski definition) is 4. The number of nitrogens with one attached hydrogen (secondary N) is 1. The first kappa shape index (κ1) is 11.8. The molecule has 0 bridgehead atoms. The van der Waals surface area contributed by atoms with Crippen LogP contribution >= 0.6 is 0 Å². The average Bonchev–Trinajstić information content (AvgIpc) is 3.02. The molecule has 0 aliphatic carbocycles. The highest BCUT2D eigenvalue weighted by Crippen LogP contribution is 2.39. The summed E-state index contributed by atoms with van der Waals surface area (Å²) in [5.74, 6) is -0.714. The molecule has 0 amide bonds. The van der Waals surface area contributed by atoms with Gasteiger partial charge in [-0.1, -0.05) is 18.2 Å². The van der Waals surface area contributed by atoms with Crippen LogP contribution < -0.4 is 0 Å². The van der Waals surface area contributed by atoms with Crippen LogP contribution in [0, 0.1) is 0 Å². The molecule has 5 heteroatoms. The van der Waals surface area contributed by atoms with Gasteiger partial charge in [0.15, 0.2) is 0 Å². The van der Waals surface area contributed by atoms with Gasteiger partial charge in [-0.2, -0.15) is 0 Å². The molecule has 0 radical (unpaired) electrons. The minimum Gasteiger partial charge on any atom is -0.507 e. The molecule has 5 nitrogen and oxygen atoms in total. The summed E-state index contributed by atoms with van der Waals surface area (Å²) in [7, 11) is 1.28. The highest BCUT2D eigenvalue weighted by atomic mass is 16.5. The molecule has 0 aliphatic rings. The second-order valence-electron chi connectivity index (χ2n) is 4.80. The van der Waals surface area contributed by atoms with E-state index >= 15 is 0 Å². The van der Waals surface area contributed by atoms with Crippen LogP contribution in [0.3, 0.4) is 0 Å². The van der Waals surface area contributed by atoms with Crippen molar-refractivity contribution in [3.8, 4) is 5.75 Å². The summed E-state index contributed by atoms with van der Waals surface area (Å²) in [6.07, 6.45) is 0. The van der Waals surface area contributed by atoms with E-state index in [-0.39, 0.29) is 11.3 Å². The fourth-order valence-electron chi connectivity index (χ4n) is 2.77. The van der Waals surface area contributed by atoms with Crippen LogP contribution in [0.1, 0.15) is 10.4 Å². The van der Waals surface area contributed by atoms with Gasteiger partial charge in [-0.3, -0.25) is 0 Å². The number of aromatic hydroxyl groups is 1. The molecule has 2 aromatic heterocycles. The number of rotatable bonds is 1. The fourth-order valence-corrected chi connectivity index (χ4v) is 2.77. The normalized spacial score (nSPS) is 11.5. The summed E-state index contributed by atoms with van der Waals surface area (Å²) in [5.41, 5.74) is 2.13. The maximum atomic E-state index is 12.0. The summed E-state index contributed by atoms with van der Waals surface area (Å²) in [6.45, 7) is 0. The van der Waals surface area contributed by atoms with Crippen molar-refractivity contribution in [2.24, 2.45) is 0 Å². The first-order valence-corrected chi connectivity index (χ1v) is 6.44. The highest BCUT2D eigenvalue weighted by molar-refractivity contribution is 6.24. The van der Waals surface area contributed by atoms with Crippen LogP contribution in [-0.2, 0) is 4.74 Å². The Morgan fingerprint density at radius 2 is 2.00 bits per heavy atom. The molecule has 104 valence electrons. The van der Waals surface area contributed by atoms with Gasteiger partial charge in [-0.15, -0.1) is 0 Å². The summed E-state index contributed by atoms with van der Waals surface area (Å²) in [5, 5.41) is 12.3. The number of fused-ring (bicyclic) bond motifs is 5. The molecule has 21 heavy (non-hydrogen) atoms. The number of hydrogen-bond donors (Lipinski definition) is 2. The third-order valence-corrected chi connectivity index (χ3v) is 3.67. The number of para-hydroxylation sites is 1. The van der Waals surface area contributed by atoms with Crippen molar-refractivity contribution in [2.45, 2.75) is 0 Å². The summed E-state index contributed by atoms with van der Waals surface area (Å²) in [4.78, 5) is 15.2. The van der Waals surface area contributed by atoms with Crippen LogP contribution in [0.5, 0.6) is 5.75 Å². The molecular formula is C16H11NO4. The van der Waals surface area contributed by atoms with Gasteiger partial charge >= 0.3 is 5.97 Å². The molecule has 0 saturated heterocycles. The lowest BCUT2D eigenvalue weighted by atomic mass is 10.0. The molecule has 4 aromatic rings. The SMILES string of the molecule is COC(=O)c1c(O)ccc2oc3[nH]c4ccccc4c3c12. The zero-order valence-electron chi connectivity index (χ0n) is 11.1. The van der Waals surface area contributed by atoms with E-state index in [1.165, 1.54) is 13.2 Å². The van der Waals surface area contributed by atoms with Gasteiger partial charge in [-0.25, -0.2) is 4.79 Å². The van der Waals surface area contributed by atoms with E-state index in [1.807, 2.05) is 24.3 Å². The van der Waals surface area contributed by atoms with Crippen molar-refractivity contribution in [1.82, 2.24) is 4.98 Å². The van der Waals surface area contributed by atoms with Gasteiger partial charge in [0.1, 0.15) is 16.9 Å². The molecule has 0 unspecified atom stereocenters. The monoisotopic (exact) mass is 281 g/mol. The number of benzene rings is 2. The van der Waals surface area contributed by atoms with E-state index in [2.05, 4.69) is 4.98 Å². The maximum Gasteiger partial charge on any atom is 0.342 e. The van der Waals surface area contributed by atoms with Crippen molar-refractivity contribution in [1.29, 1.82) is 0 Å². The number of furan rings is 1. The first-order chi connectivity index (χ1) is 10.2. The number of phenols is 1. The fraction of sp³-hybridized carbons (Fsp3) is 0.0625. The smallest absolute Gasteiger partial charge is 0.342 e. The molecule has 2 heterocycles. The Hall–Kier alpha value is -2.95. The summed E-state index contributed by atoms with van der Waals surface area (Å²) >= 11 is 0. The van der Waals surface area contributed by atoms with E-state index in [4.69, 9.17) is 9.15 Å². The van der Waals surface area contributed by atoms with Gasteiger partial charge in [0.2, 0.25) is 5.71 Å². The van der Waals surface area contributed by atoms with Crippen LogP contribution in [0.2, 0.25) is 0 Å².